The molecule has 2 N–H and O–H groups in total. The number of nitrogens with one attached hydrogen (secondary N) is 2. The van der Waals surface area contributed by atoms with Gasteiger partial charge < -0.3 is 15.4 Å². The van der Waals surface area contributed by atoms with Crippen molar-refractivity contribution in [1.82, 2.24) is 4.98 Å². The Kier molecular flexibility index (Phi) is 5.86. The van der Waals surface area contributed by atoms with Crippen molar-refractivity contribution in [2.75, 3.05) is 10.6 Å². The van der Waals surface area contributed by atoms with Crippen LogP contribution in [0, 0.1) is 0 Å². The monoisotopic (exact) mass is 411 g/mol. The zero-order valence-electron chi connectivity index (χ0n) is 14.2. The number of amides is 2. The number of nitrogens with zero attached hydrogens (tertiary/aromatic N) is 1. The summed E-state index contributed by atoms with van der Waals surface area (Å²) in [5.41, 5.74) is 2.25. The number of hydrogen-bond acceptors (Lipinski definition) is 3. The first-order valence-corrected chi connectivity index (χ1v) is 8.99. The molecule has 0 unspecified atom stereocenters. The molecule has 6 heteroatoms. The zero-order valence-corrected chi connectivity index (χ0v) is 15.8. The molecule has 0 aliphatic rings. The summed E-state index contributed by atoms with van der Waals surface area (Å²) in [6, 6.07) is 18.2. The highest BCUT2D eigenvalue weighted by molar-refractivity contribution is 9.10. The van der Waals surface area contributed by atoms with Gasteiger partial charge in [-0.15, -0.1) is 0 Å². The van der Waals surface area contributed by atoms with Crippen LogP contribution in [-0.2, 0) is 6.42 Å². The number of hydrogen-bond donors (Lipinski definition) is 2. The van der Waals surface area contributed by atoms with Gasteiger partial charge in [0.15, 0.2) is 0 Å². The molecule has 0 aliphatic heterocycles. The van der Waals surface area contributed by atoms with Crippen molar-refractivity contribution in [3.63, 3.8) is 0 Å². The van der Waals surface area contributed by atoms with Crippen molar-refractivity contribution in [2.24, 2.45) is 0 Å². The molecule has 0 spiro atoms. The number of carbonyl (C=O) groups excluding carboxylic acids is 1. The van der Waals surface area contributed by atoms with Crippen molar-refractivity contribution in [3.05, 3.63) is 76.9 Å². The summed E-state index contributed by atoms with van der Waals surface area (Å²) in [4.78, 5) is 16.5. The van der Waals surface area contributed by atoms with E-state index in [2.05, 4.69) is 38.5 Å². The minimum absolute atomic E-state index is 0.347. The van der Waals surface area contributed by atoms with Crippen LogP contribution in [-0.4, -0.2) is 11.0 Å². The number of rotatable bonds is 5. The van der Waals surface area contributed by atoms with Crippen LogP contribution in [0.25, 0.3) is 0 Å². The van der Waals surface area contributed by atoms with Crippen molar-refractivity contribution < 1.29 is 9.53 Å². The second kappa shape index (κ2) is 8.49. The molecule has 0 fully saturated rings. The summed E-state index contributed by atoms with van der Waals surface area (Å²) in [5.74, 6) is 1.07. The Labute approximate surface area is 160 Å². The molecule has 0 bridgehead atoms. The van der Waals surface area contributed by atoms with E-state index in [-0.39, 0.29) is 6.03 Å². The number of carbonyl (C=O) groups is 1. The molecule has 0 radical (unpaired) electrons. The third-order valence-electron chi connectivity index (χ3n) is 3.68. The molecule has 2 aromatic carbocycles. The molecule has 132 valence electrons. The lowest BCUT2D eigenvalue weighted by Gasteiger charge is -2.13. The number of halogens is 1. The third kappa shape index (κ3) is 4.61. The summed E-state index contributed by atoms with van der Waals surface area (Å²) in [6.07, 6.45) is 2.47. The minimum atomic E-state index is -0.367. The quantitative estimate of drug-likeness (QED) is 0.553. The van der Waals surface area contributed by atoms with Crippen LogP contribution < -0.4 is 15.4 Å². The number of para-hydroxylation sites is 1. The Morgan fingerprint density at radius 2 is 1.81 bits per heavy atom. The fourth-order valence-corrected chi connectivity index (χ4v) is 2.65. The van der Waals surface area contributed by atoms with E-state index in [9.17, 15) is 4.79 Å². The molecule has 5 nitrogen and oxygen atoms in total. The van der Waals surface area contributed by atoms with E-state index in [0.29, 0.717) is 17.3 Å². The first kappa shape index (κ1) is 17.9. The number of benzene rings is 2. The Hall–Kier alpha value is -2.86. The van der Waals surface area contributed by atoms with Crippen LogP contribution in [0.2, 0.25) is 0 Å². The van der Waals surface area contributed by atoms with E-state index in [1.165, 1.54) is 0 Å². The zero-order chi connectivity index (χ0) is 18.4. The number of urea groups is 1. The van der Waals surface area contributed by atoms with Crippen molar-refractivity contribution in [3.8, 4) is 11.6 Å². The van der Waals surface area contributed by atoms with Crippen LogP contribution in [0.1, 0.15) is 12.5 Å². The number of anilines is 2. The van der Waals surface area contributed by atoms with E-state index in [4.69, 9.17) is 4.74 Å². The second-order valence-electron chi connectivity index (χ2n) is 5.51. The van der Waals surface area contributed by atoms with Gasteiger partial charge in [0.2, 0.25) is 5.88 Å². The molecule has 3 rings (SSSR count). The van der Waals surface area contributed by atoms with Crippen LogP contribution in [0.3, 0.4) is 0 Å². The number of aryl methyl sites for hydroxylation is 1. The lowest BCUT2D eigenvalue weighted by atomic mass is 10.1. The van der Waals surface area contributed by atoms with E-state index in [1.54, 1.807) is 18.3 Å². The largest absolute Gasteiger partial charge is 0.437 e. The maximum absolute atomic E-state index is 12.3. The van der Waals surface area contributed by atoms with Crippen molar-refractivity contribution >= 4 is 33.3 Å². The van der Waals surface area contributed by atoms with Gasteiger partial charge in [-0.25, -0.2) is 9.78 Å². The third-order valence-corrected chi connectivity index (χ3v) is 4.21. The molecule has 0 aliphatic carbocycles. The van der Waals surface area contributed by atoms with Gasteiger partial charge in [-0.2, -0.15) is 0 Å². The second-order valence-corrected chi connectivity index (χ2v) is 6.42. The fraction of sp³-hybridized carbons (Fsp3) is 0.100. The number of pyridine rings is 1. The molecule has 0 saturated heterocycles. The van der Waals surface area contributed by atoms with Gasteiger partial charge in [0.1, 0.15) is 11.4 Å². The van der Waals surface area contributed by atoms with E-state index < -0.39 is 0 Å². The normalized spacial score (nSPS) is 10.2. The smallest absolute Gasteiger partial charge is 0.323 e. The molecule has 2 amide bonds. The minimum Gasteiger partial charge on any atom is -0.437 e. The first-order chi connectivity index (χ1) is 12.7. The number of aromatic nitrogens is 1. The highest BCUT2D eigenvalue weighted by atomic mass is 79.9. The predicted octanol–water partition coefficient (Wildman–Crippen LogP) is 5.84. The van der Waals surface area contributed by atoms with E-state index in [1.807, 2.05) is 48.5 Å². The lowest BCUT2D eigenvalue weighted by molar-refractivity contribution is 0.262. The molecular formula is C20H18BrN3O2. The molecule has 0 saturated carbocycles. The topological polar surface area (TPSA) is 63.2 Å². The van der Waals surface area contributed by atoms with Gasteiger partial charge in [0, 0.05) is 16.4 Å². The summed E-state index contributed by atoms with van der Waals surface area (Å²) >= 11 is 3.37. The molecule has 1 aromatic heterocycles. The van der Waals surface area contributed by atoms with Gasteiger partial charge >= 0.3 is 6.03 Å². The summed E-state index contributed by atoms with van der Waals surface area (Å²) < 4.78 is 6.88. The summed E-state index contributed by atoms with van der Waals surface area (Å²) in [5, 5.41) is 5.56. The maximum Gasteiger partial charge on any atom is 0.323 e. The van der Waals surface area contributed by atoms with Gasteiger partial charge in [-0.3, -0.25) is 0 Å². The summed E-state index contributed by atoms with van der Waals surface area (Å²) in [6.45, 7) is 2.06. The van der Waals surface area contributed by atoms with Crippen molar-refractivity contribution in [1.29, 1.82) is 0 Å². The van der Waals surface area contributed by atoms with Gasteiger partial charge in [0.05, 0.1) is 0 Å². The Morgan fingerprint density at radius 1 is 1.04 bits per heavy atom. The van der Waals surface area contributed by atoms with Gasteiger partial charge in [0.25, 0.3) is 0 Å². The van der Waals surface area contributed by atoms with E-state index >= 15 is 0 Å². The van der Waals surface area contributed by atoms with Crippen LogP contribution >= 0.6 is 15.9 Å². The first-order valence-electron chi connectivity index (χ1n) is 8.20. The van der Waals surface area contributed by atoms with Gasteiger partial charge in [-0.1, -0.05) is 41.1 Å². The molecular weight excluding hydrogens is 394 g/mol. The van der Waals surface area contributed by atoms with Gasteiger partial charge in [-0.05, 0) is 54.4 Å². The van der Waals surface area contributed by atoms with Crippen molar-refractivity contribution in [2.45, 2.75) is 13.3 Å². The Balaban J connectivity index is 1.74. The average Bonchev–Trinajstić information content (AvgIpc) is 2.65. The van der Waals surface area contributed by atoms with Crippen LogP contribution in [0.15, 0.2) is 71.3 Å². The van der Waals surface area contributed by atoms with Crippen LogP contribution in [0.5, 0.6) is 11.6 Å². The lowest BCUT2D eigenvalue weighted by Crippen LogP contribution is -2.19. The molecule has 1 heterocycles. The van der Waals surface area contributed by atoms with E-state index in [0.717, 1.165) is 22.2 Å². The highest BCUT2D eigenvalue weighted by Crippen LogP contribution is 2.29. The highest BCUT2D eigenvalue weighted by Gasteiger charge is 2.11. The Bertz CT molecular complexity index is 898. The summed E-state index contributed by atoms with van der Waals surface area (Å²) in [7, 11) is 0. The maximum atomic E-state index is 12.3. The molecule has 26 heavy (non-hydrogen) atoms. The number of ether oxygens (including phenoxy) is 1. The standard InChI is InChI=1S/C20H18BrN3O2/c1-2-14-6-3-4-8-18(14)26-19-17(7-5-13-22-19)24-20(25)23-16-11-9-15(21)10-12-16/h3-13H,2H2,1H3,(H2,23,24,25). The molecule has 0 atom stereocenters. The average molecular weight is 412 g/mol. The van der Waals surface area contributed by atoms with Crippen LogP contribution in [0.4, 0.5) is 16.2 Å². The Morgan fingerprint density at radius 3 is 2.58 bits per heavy atom. The molecule has 3 aromatic rings. The SMILES string of the molecule is CCc1ccccc1Oc1ncccc1NC(=O)Nc1ccc(Br)cc1. The fourth-order valence-electron chi connectivity index (χ4n) is 2.38. The predicted molar refractivity (Wildman–Crippen MR) is 107 cm³/mol.